The average molecular weight is 648 g/mol. The largest absolute Gasteiger partial charge is 0.480 e. The van der Waals surface area contributed by atoms with Crippen LogP contribution in [0.25, 0.3) is 33.1 Å². The van der Waals surface area contributed by atoms with Gasteiger partial charge in [0.05, 0.1) is 24.8 Å². The molecule has 46 heavy (non-hydrogen) atoms. The van der Waals surface area contributed by atoms with E-state index < -0.39 is 5.82 Å². The van der Waals surface area contributed by atoms with E-state index in [9.17, 15) is 0 Å². The lowest BCUT2D eigenvalue weighted by molar-refractivity contribution is 0.108. The quantitative estimate of drug-likeness (QED) is 0.245. The number of H-pyrrole nitrogens is 1. The number of anilines is 1. The number of benzene rings is 1. The van der Waals surface area contributed by atoms with Crippen molar-refractivity contribution in [3.8, 4) is 23.1 Å². The number of nitrogens with zero attached hydrogens (tertiary/aromatic N) is 6. The van der Waals surface area contributed by atoms with Crippen LogP contribution >= 0.6 is 11.6 Å². The standard InChI is InChI=1S/C34H39ClFN7O3/c1-19-16-34(9-5-11-43(34)17-19)18-46-33-38-29-26(31(39-33)42-10-6-13-45-14-12-42)32(44-3)37-28(27(29)36)25-23-20(2)7-4-8-21(23)15-22-24(25)30(35)41-40-22/h15,20H,1,4-14,16-18H2,2-3H3,(H,40,41). The molecule has 0 spiro atoms. The second-order valence-corrected chi connectivity index (χ2v) is 13.7. The zero-order chi connectivity index (χ0) is 31.6. The molecule has 6 heterocycles. The Kier molecular flexibility index (Phi) is 7.53. The van der Waals surface area contributed by atoms with Crippen molar-refractivity contribution in [1.29, 1.82) is 0 Å². The monoisotopic (exact) mass is 647 g/mol. The Labute approximate surface area is 272 Å². The van der Waals surface area contributed by atoms with Crippen molar-refractivity contribution in [3.63, 3.8) is 0 Å². The van der Waals surface area contributed by atoms with Gasteiger partial charge in [0, 0.05) is 37.2 Å². The van der Waals surface area contributed by atoms with E-state index in [1.807, 2.05) is 0 Å². The summed E-state index contributed by atoms with van der Waals surface area (Å²) in [6.45, 7) is 11.2. The molecule has 1 aliphatic carbocycles. The lowest BCUT2D eigenvalue weighted by Gasteiger charge is -2.31. The summed E-state index contributed by atoms with van der Waals surface area (Å²) < 4.78 is 35.5. The summed E-state index contributed by atoms with van der Waals surface area (Å²) in [6.07, 6.45) is 6.74. The second kappa shape index (κ2) is 11.6. The fraction of sp³-hybridized carbons (Fsp3) is 0.529. The smallest absolute Gasteiger partial charge is 0.319 e. The van der Waals surface area contributed by atoms with Gasteiger partial charge in [0.25, 0.3) is 0 Å². The lowest BCUT2D eigenvalue weighted by Crippen LogP contribution is -2.43. The maximum atomic E-state index is 17.3. The van der Waals surface area contributed by atoms with Crippen LogP contribution in [-0.2, 0) is 11.2 Å². The number of nitrogens with one attached hydrogen (secondary N) is 1. The van der Waals surface area contributed by atoms with Gasteiger partial charge in [-0.25, -0.2) is 9.37 Å². The van der Waals surface area contributed by atoms with Gasteiger partial charge < -0.3 is 19.1 Å². The summed E-state index contributed by atoms with van der Waals surface area (Å²) in [4.78, 5) is 19.1. The Morgan fingerprint density at radius 2 is 2.04 bits per heavy atom. The number of hydrogen-bond acceptors (Lipinski definition) is 9. The minimum atomic E-state index is -0.560. The van der Waals surface area contributed by atoms with Crippen molar-refractivity contribution in [3.05, 3.63) is 40.3 Å². The summed E-state index contributed by atoms with van der Waals surface area (Å²) in [5.74, 6) is 0.408. The predicted octanol–water partition coefficient (Wildman–Crippen LogP) is 6.21. The highest BCUT2D eigenvalue weighted by molar-refractivity contribution is 6.35. The van der Waals surface area contributed by atoms with E-state index >= 15 is 4.39 Å². The molecule has 3 saturated heterocycles. The van der Waals surface area contributed by atoms with E-state index in [2.05, 4.69) is 39.6 Å². The molecule has 3 aromatic heterocycles. The first-order valence-electron chi connectivity index (χ1n) is 16.4. The molecule has 0 radical (unpaired) electrons. The first-order valence-corrected chi connectivity index (χ1v) is 16.8. The fourth-order valence-electron chi connectivity index (χ4n) is 8.29. The zero-order valence-electron chi connectivity index (χ0n) is 26.4. The molecule has 1 N–H and O–H groups in total. The highest BCUT2D eigenvalue weighted by Gasteiger charge is 2.46. The minimum Gasteiger partial charge on any atom is -0.480 e. The molecule has 242 valence electrons. The number of halogens is 2. The Hall–Kier alpha value is -3.54. The van der Waals surface area contributed by atoms with Gasteiger partial charge in [0.15, 0.2) is 5.82 Å². The number of ether oxygens (including phenoxy) is 3. The highest BCUT2D eigenvalue weighted by atomic mass is 35.5. The Balaban J connectivity index is 1.34. The number of aromatic amines is 1. The van der Waals surface area contributed by atoms with Gasteiger partial charge in [-0.15, -0.1) is 0 Å². The van der Waals surface area contributed by atoms with Crippen molar-refractivity contribution in [2.24, 2.45) is 0 Å². The molecule has 2 atom stereocenters. The van der Waals surface area contributed by atoms with Crippen molar-refractivity contribution >= 4 is 39.2 Å². The number of methoxy groups -OCH3 is 1. The number of aromatic nitrogens is 5. The van der Waals surface area contributed by atoms with E-state index in [-0.39, 0.29) is 34.6 Å². The summed E-state index contributed by atoms with van der Waals surface area (Å²) in [5.41, 5.74) is 4.85. The number of rotatable bonds is 6. The molecule has 0 amide bonds. The number of aryl methyl sites for hydroxylation is 1. The average Bonchev–Trinajstić information content (AvgIpc) is 3.61. The third-order valence-electron chi connectivity index (χ3n) is 10.4. The Bertz CT molecular complexity index is 1860. The number of fused-ring (bicyclic) bond motifs is 4. The van der Waals surface area contributed by atoms with Crippen LogP contribution in [0.4, 0.5) is 10.2 Å². The highest BCUT2D eigenvalue weighted by Crippen LogP contribution is 2.47. The van der Waals surface area contributed by atoms with Crippen LogP contribution in [0.3, 0.4) is 0 Å². The van der Waals surface area contributed by atoms with Crippen molar-refractivity contribution < 1.29 is 18.6 Å². The number of hydrogen-bond donors (Lipinski definition) is 1. The molecule has 3 fully saturated rings. The molecule has 8 rings (SSSR count). The summed E-state index contributed by atoms with van der Waals surface area (Å²) in [7, 11) is 1.55. The van der Waals surface area contributed by atoms with Crippen molar-refractivity contribution in [1.82, 2.24) is 30.0 Å². The molecule has 1 aromatic carbocycles. The van der Waals surface area contributed by atoms with Crippen LogP contribution < -0.4 is 14.4 Å². The molecular weight excluding hydrogens is 609 g/mol. The fourth-order valence-corrected chi connectivity index (χ4v) is 8.52. The molecule has 0 bridgehead atoms. The van der Waals surface area contributed by atoms with E-state index in [1.165, 1.54) is 5.57 Å². The zero-order valence-corrected chi connectivity index (χ0v) is 27.2. The van der Waals surface area contributed by atoms with E-state index in [1.54, 1.807) is 7.11 Å². The lowest BCUT2D eigenvalue weighted by atomic mass is 9.79. The molecule has 4 aromatic rings. The summed E-state index contributed by atoms with van der Waals surface area (Å²) in [5, 5.41) is 8.77. The van der Waals surface area contributed by atoms with Gasteiger partial charge in [0.1, 0.15) is 34.2 Å². The third-order valence-corrected chi connectivity index (χ3v) is 10.6. The van der Waals surface area contributed by atoms with Gasteiger partial charge in [0.2, 0.25) is 5.88 Å². The van der Waals surface area contributed by atoms with E-state index in [4.69, 9.17) is 40.8 Å². The Morgan fingerprint density at radius 3 is 2.91 bits per heavy atom. The van der Waals surface area contributed by atoms with Gasteiger partial charge in [-0.1, -0.05) is 30.7 Å². The SMILES string of the molecule is C=C1CN2CCCC2(COc2nc(N3CCCOCC3)c3c(OC)nc(-c4c5c(cc6n[nH]c(Cl)c46)CCCC5C)c(F)c3n2)C1. The second-order valence-electron chi connectivity index (χ2n) is 13.3. The van der Waals surface area contributed by atoms with Crippen molar-refractivity contribution in [2.45, 2.75) is 63.3 Å². The van der Waals surface area contributed by atoms with Crippen LogP contribution in [0.2, 0.25) is 5.15 Å². The van der Waals surface area contributed by atoms with Crippen LogP contribution in [0.5, 0.6) is 11.9 Å². The van der Waals surface area contributed by atoms with Gasteiger partial charge in [-0.2, -0.15) is 15.1 Å². The minimum absolute atomic E-state index is 0.109. The van der Waals surface area contributed by atoms with Gasteiger partial charge >= 0.3 is 6.01 Å². The topological polar surface area (TPSA) is 102 Å². The van der Waals surface area contributed by atoms with Crippen LogP contribution in [-0.4, -0.2) is 88.7 Å². The van der Waals surface area contributed by atoms with Crippen LogP contribution in [0.1, 0.15) is 62.5 Å². The van der Waals surface area contributed by atoms with E-state index in [0.717, 1.165) is 69.2 Å². The summed E-state index contributed by atoms with van der Waals surface area (Å²) in [6, 6.07) is 2.21. The molecule has 4 aliphatic rings. The maximum absolute atomic E-state index is 17.3. The van der Waals surface area contributed by atoms with Crippen LogP contribution in [0, 0.1) is 5.82 Å². The normalized spacial score (nSPS) is 23.6. The molecule has 12 heteroatoms. The first-order chi connectivity index (χ1) is 22.4. The molecule has 2 unspecified atom stereocenters. The maximum Gasteiger partial charge on any atom is 0.319 e. The van der Waals surface area contributed by atoms with Crippen molar-refractivity contribution in [2.75, 3.05) is 58.0 Å². The third kappa shape index (κ3) is 4.81. The molecule has 3 aliphatic heterocycles. The predicted molar refractivity (Wildman–Crippen MR) is 176 cm³/mol. The molecule has 10 nitrogen and oxygen atoms in total. The first kappa shape index (κ1) is 29.8. The number of pyridine rings is 1. The van der Waals surface area contributed by atoms with Crippen LogP contribution in [0.15, 0.2) is 18.2 Å². The van der Waals surface area contributed by atoms with E-state index in [0.29, 0.717) is 65.7 Å². The summed E-state index contributed by atoms with van der Waals surface area (Å²) >= 11 is 6.71. The molecular formula is C34H39ClFN7O3. The molecule has 0 saturated carbocycles. The Morgan fingerprint density at radius 1 is 1.15 bits per heavy atom. The van der Waals surface area contributed by atoms with Gasteiger partial charge in [-0.05, 0) is 74.6 Å². The van der Waals surface area contributed by atoms with Gasteiger partial charge in [-0.3, -0.25) is 10.00 Å².